The molecule has 0 atom stereocenters. The maximum absolute atomic E-state index is 12.8. The monoisotopic (exact) mass is 435 g/mol. The summed E-state index contributed by atoms with van der Waals surface area (Å²) in [5.41, 5.74) is 1.49. The van der Waals surface area contributed by atoms with E-state index in [0.717, 1.165) is 29.1 Å². The van der Waals surface area contributed by atoms with Crippen LogP contribution >= 0.6 is 11.3 Å². The molecule has 3 rings (SSSR count). The second-order valence-corrected chi connectivity index (χ2v) is 7.72. The first-order valence-corrected chi connectivity index (χ1v) is 10.2. The minimum Gasteiger partial charge on any atom is -0.493 e. The summed E-state index contributed by atoms with van der Waals surface area (Å²) in [6.07, 6.45) is -3.12. The molecule has 0 spiro atoms. The summed E-state index contributed by atoms with van der Waals surface area (Å²) in [6, 6.07) is 11.9. The molecule has 2 aromatic carbocycles. The highest BCUT2D eigenvalue weighted by atomic mass is 32.1. The van der Waals surface area contributed by atoms with Gasteiger partial charge in [0.1, 0.15) is 10.8 Å². The number of carboxylic acids is 1. The molecule has 0 aliphatic carbocycles. The van der Waals surface area contributed by atoms with E-state index in [4.69, 9.17) is 9.84 Å². The van der Waals surface area contributed by atoms with Crippen LogP contribution in [0.4, 0.5) is 13.2 Å². The Balaban J connectivity index is 1.67. The van der Waals surface area contributed by atoms with E-state index in [-0.39, 0.29) is 6.42 Å². The van der Waals surface area contributed by atoms with Crippen molar-refractivity contribution in [3.05, 3.63) is 70.2 Å². The fourth-order valence-electron chi connectivity index (χ4n) is 2.97. The van der Waals surface area contributed by atoms with Crippen molar-refractivity contribution >= 4 is 17.3 Å². The third-order valence-electron chi connectivity index (χ3n) is 4.42. The zero-order chi connectivity index (χ0) is 21.7. The maximum atomic E-state index is 12.8. The molecule has 0 bridgehead atoms. The van der Waals surface area contributed by atoms with Crippen molar-refractivity contribution in [3.8, 4) is 16.3 Å². The molecule has 0 saturated heterocycles. The smallest absolute Gasteiger partial charge is 0.416 e. The molecule has 0 amide bonds. The van der Waals surface area contributed by atoms with Crippen LogP contribution in [-0.4, -0.2) is 22.7 Å². The predicted molar refractivity (Wildman–Crippen MR) is 109 cm³/mol. The summed E-state index contributed by atoms with van der Waals surface area (Å²) < 4.78 is 44.0. The normalized spacial score (nSPS) is 11.5. The Hall–Kier alpha value is -2.87. The number of alkyl halides is 3. The van der Waals surface area contributed by atoms with E-state index in [2.05, 4.69) is 4.98 Å². The van der Waals surface area contributed by atoms with Crippen molar-refractivity contribution in [1.29, 1.82) is 0 Å². The molecule has 3 aromatic rings. The summed E-state index contributed by atoms with van der Waals surface area (Å²) in [5.74, 6) is -0.317. The highest BCUT2D eigenvalue weighted by Gasteiger charge is 2.30. The van der Waals surface area contributed by atoms with Gasteiger partial charge in [0.25, 0.3) is 0 Å². The number of aliphatic carboxylic acids is 1. The van der Waals surface area contributed by atoms with E-state index >= 15 is 0 Å². The van der Waals surface area contributed by atoms with Gasteiger partial charge in [-0.3, -0.25) is 4.79 Å². The number of benzene rings is 2. The molecule has 30 heavy (non-hydrogen) atoms. The summed E-state index contributed by atoms with van der Waals surface area (Å²) in [7, 11) is 0. The third kappa shape index (κ3) is 5.60. The van der Waals surface area contributed by atoms with Crippen LogP contribution in [0.2, 0.25) is 0 Å². The Morgan fingerprint density at radius 1 is 1.17 bits per heavy atom. The average molecular weight is 435 g/mol. The lowest BCUT2D eigenvalue weighted by Crippen LogP contribution is -2.05. The molecule has 158 valence electrons. The molecule has 4 nitrogen and oxygen atoms in total. The van der Waals surface area contributed by atoms with Gasteiger partial charge in [0.05, 0.1) is 24.3 Å². The SMILES string of the molecule is CCc1sc(-c2ccc(C(F)(F)F)cc2)nc1CCOc1cccc(CC(=O)O)c1. The zero-order valence-electron chi connectivity index (χ0n) is 16.2. The lowest BCUT2D eigenvalue weighted by molar-refractivity contribution is -0.138. The number of ether oxygens (including phenoxy) is 1. The highest BCUT2D eigenvalue weighted by molar-refractivity contribution is 7.15. The van der Waals surface area contributed by atoms with Crippen LogP contribution in [0.15, 0.2) is 48.5 Å². The number of aromatic nitrogens is 1. The Morgan fingerprint density at radius 2 is 1.90 bits per heavy atom. The maximum Gasteiger partial charge on any atom is 0.416 e. The van der Waals surface area contributed by atoms with Crippen LogP contribution in [0.3, 0.4) is 0 Å². The van der Waals surface area contributed by atoms with E-state index in [1.54, 1.807) is 24.3 Å². The molecule has 0 radical (unpaired) electrons. The van der Waals surface area contributed by atoms with Crippen molar-refractivity contribution in [2.75, 3.05) is 6.61 Å². The zero-order valence-corrected chi connectivity index (χ0v) is 17.0. The van der Waals surface area contributed by atoms with Crippen LogP contribution in [0.1, 0.15) is 28.6 Å². The first-order chi connectivity index (χ1) is 14.3. The second kappa shape index (κ2) is 9.30. The van der Waals surface area contributed by atoms with Gasteiger partial charge >= 0.3 is 12.1 Å². The van der Waals surface area contributed by atoms with Crippen molar-refractivity contribution in [1.82, 2.24) is 4.98 Å². The number of aryl methyl sites for hydroxylation is 1. The molecule has 1 N–H and O–H groups in total. The van der Waals surface area contributed by atoms with Crippen LogP contribution in [0.25, 0.3) is 10.6 Å². The molecule has 0 unspecified atom stereocenters. The first kappa shape index (κ1) is 21.8. The van der Waals surface area contributed by atoms with Crippen molar-refractivity contribution in [2.45, 2.75) is 32.4 Å². The summed E-state index contributed by atoms with van der Waals surface area (Å²) in [4.78, 5) is 16.5. The third-order valence-corrected chi connectivity index (χ3v) is 5.71. The van der Waals surface area contributed by atoms with Crippen LogP contribution in [0, 0.1) is 0 Å². The molecule has 0 aliphatic rings. The molecule has 1 aromatic heterocycles. The van der Waals surface area contributed by atoms with Crippen molar-refractivity contribution in [2.24, 2.45) is 0 Å². The Bertz CT molecular complexity index is 1010. The van der Waals surface area contributed by atoms with Crippen molar-refractivity contribution < 1.29 is 27.8 Å². The number of halogens is 3. The Morgan fingerprint density at radius 3 is 2.53 bits per heavy atom. The fraction of sp³-hybridized carbons (Fsp3) is 0.273. The molecule has 0 fully saturated rings. The quantitative estimate of drug-likeness (QED) is 0.498. The number of carboxylic acid groups (broad SMARTS) is 1. The molecule has 0 aliphatic heterocycles. The van der Waals surface area contributed by atoms with Gasteiger partial charge in [-0.15, -0.1) is 11.3 Å². The van der Waals surface area contributed by atoms with Crippen LogP contribution < -0.4 is 4.74 Å². The van der Waals surface area contributed by atoms with Crippen LogP contribution in [-0.2, 0) is 30.2 Å². The molecule has 1 heterocycles. The van der Waals surface area contributed by atoms with Gasteiger partial charge in [-0.1, -0.05) is 31.2 Å². The van der Waals surface area contributed by atoms with E-state index in [9.17, 15) is 18.0 Å². The van der Waals surface area contributed by atoms with Crippen LogP contribution in [0.5, 0.6) is 5.75 Å². The number of hydrogen-bond acceptors (Lipinski definition) is 4. The molecule has 0 saturated carbocycles. The largest absolute Gasteiger partial charge is 0.493 e. The lowest BCUT2D eigenvalue weighted by atomic mass is 10.1. The minimum absolute atomic E-state index is 0.0697. The number of hydrogen-bond donors (Lipinski definition) is 1. The van der Waals surface area contributed by atoms with Gasteiger partial charge in [-0.2, -0.15) is 13.2 Å². The lowest BCUT2D eigenvalue weighted by Gasteiger charge is -2.07. The topological polar surface area (TPSA) is 59.4 Å². The van der Waals surface area contributed by atoms with Gasteiger partial charge in [0.2, 0.25) is 0 Å². The summed E-state index contributed by atoms with van der Waals surface area (Å²) in [6.45, 7) is 2.36. The van der Waals surface area contributed by atoms with Gasteiger partial charge < -0.3 is 9.84 Å². The van der Waals surface area contributed by atoms with Gasteiger partial charge in [-0.25, -0.2) is 4.98 Å². The van der Waals surface area contributed by atoms with Gasteiger partial charge in [0.15, 0.2) is 0 Å². The Kier molecular flexibility index (Phi) is 6.77. The number of nitrogens with zero attached hydrogens (tertiary/aromatic N) is 1. The standard InChI is InChI=1S/C22H20F3NO3S/c1-2-19-18(10-11-29-17-5-3-4-14(12-17)13-20(27)28)26-21(30-19)15-6-8-16(9-7-15)22(23,24)25/h3-9,12H,2,10-11,13H2,1H3,(H,27,28). The number of thiazole rings is 1. The minimum atomic E-state index is -4.36. The van der Waals surface area contributed by atoms with Crippen molar-refractivity contribution in [3.63, 3.8) is 0 Å². The van der Waals surface area contributed by atoms with E-state index in [0.29, 0.717) is 34.9 Å². The fourth-order valence-corrected chi connectivity index (χ4v) is 4.02. The molecule has 8 heteroatoms. The van der Waals surface area contributed by atoms with E-state index < -0.39 is 17.7 Å². The predicted octanol–water partition coefficient (Wildman–Crippen LogP) is 5.64. The summed E-state index contributed by atoms with van der Waals surface area (Å²) in [5, 5.41) is 9.57. The number of carbonyl (C=O) groups is 1. The highest BCUT2D eigenvalue weighted by Crippen LogP contribution is 2.33. The number of rotatable bonds is 8. The van der Waals surface area contributed by atoms with Gasteiger partial charge in [0, 0.05) is 16.9 Å². The first-order valence-electron chi connectivity index (χ1n) is 9.36. The summed E-state index contributed by atoms with van der Waals surface area (Å²) >= 11 is 1.47. The van der Waals surface area contributed by atoms with Gasteiger partial charge in [-0.05, 0) is 36.2 Å². The molecular weight excluding hydrogens is 415 g/mol. The van der Waals surface area contributed by atoms with E-state index in [1.807, 2.05) is 6.92 Å². The average Bonchev–Trinajstić information content (AvgIpc) is 3.10. The van der Waals surface area contributed by atoms with E-state index in [1.165, 1.54) is 23.5 Å². The Labute approximate surface area is 176 Å². The molecular formula is C22H20F3NO3S. The second-order valence-electron chi connectivity index (χ2n) is 6.63.